The Bertz CT molecular complexity index is 442. The molecule has 27 heavy (non-hydrogen) atoms. The van der Waals surface area contributed by atoms with Crippen LogP contribution < -0.4 is 0 Å². The highest BCUT2D eigenvalue weighted by molar-refractivity contribution is 8.76. The molecule has 2 heterocycles. The minimum atomic E-state index is -0.818. The quantitative estimate of drug-likeness (QED) is 0.272. The van der Waals surface area contributed by atoms with E-state index in [-0.39, 0.29) is 12.8 Å². The van der Waals surface area contributed by atoms with Gasteiger partial charge in [-0.3, -0.25) is 9.59 Å². The number of carboxylic acid groups (broad SMARTS) is 2. The van der Waals surface area contributed by atoms with Gasteiger partial charge in [0, 0.05) is 36.3 Å². The number of rotatable bonds is 9. The summed E-state index contributed by atoms with van der Waals surface area (Å²) in [4.78, 5) is 32.9. The molecule has 0 atom stereocenters. The van der Waals surface area contributed by atoms with Crippen LogP contribution in [0, 0.1) is 0 Å². The second kappa shape index (κ2) is 24.3. The highest BCUT2D eigenvalue weighted by Gasteiger charge is 1.99. The summed E-state index contributed by atoms with van der Waals surface area (Å²) in [6.45, 7) is 2.21. The number of nitrogens with zero attached hydrogens (tertiary/aromatic N) is 2. The number of carboxylic acids is 2. The Balaban J connectivity index is 0. The van der Waals surface area contributed by atoms with Crippen LogP contribution in [0.4, 0.5) is 0 Å². The van der Waals surface area contributed by atoms with Gasteiger partial charge >= 0.3 is 11.9 Å². The summed E-state index contributed by atoms with van der Waals surface area (Å²) in [6, 6.07) is 0. The molecule has 148 valence electrons. The number of hydrogen-bond donors (Lipinski definition) is 4. The fraction of sp³-hybridized carbons (Fsp3) is 0.429. The third-order valence-electron chi connectivity index (χ3n) is 2.40. The number of carbonyl (C=O) groups is 2. The smallest absolute Gasteiger partial charge is 0.304 e. The van der Waals surface area contributed by atoms with E-state index in [0.717, 1.165) is 0 Å². The molecule has 2 rings (SSSR count). The van der Waals surface area contributed by atoms with Gasteiger partial charge in [0.15, 0.2) is 0 Å². The topological polar surface area (TPSA) is 132 Å². The van der Waals surface area contributed by atoms with Crippen molar-refractivity contribution in [2.24, 2.45) is 0 Å². The molecule has 0 fully saturated rings. The minimum Gasteiger partial charge on any atom is -0.481 e. The number of aromatic nitrogens is 4. The molecular formula is C14H27B3N4O4S2. The number of aromatic amines is 2. The summed E-state index contributed by atoms with van der Waals surface area (Å²) < 4.78 is 0. The van der Waals surface area contributed by atoms with Crippen LogP contribution in [-0.2, 0) is 9.59 Å². The standard InChI is InChI=1S/C6H10O4S2.2C3H4N2.C2H9B3/c7-5(8)1-3-11-12-4-2-6(9)10;2*1-2-5-3-4-1;1-2-4-5-3/h1-4H2,(H,7,8)(H,9,10);2*1-3H,(H,4,5);4-5H,2-3H2,1H3. The lowest BCUT2D eigenvalue weighted by Crippen LogP contribution is -1.98. The van der Waals surface area contributed by atoms with Gasteiger partial charge in [-0.2, -0.15) is 0 Å². The van der Waals surface area contributed by atoms with Crippen LogP contribution in [0.2, 0.25) is 6.32 Å². The van der Waals surface area contributed by atoms with Crippen molar-refractivity contribution in [3.05, 3.63) is 37.4 Å². The van der Waals surface area contributed by atoms with Gasteiger partial charge in [-0.15, -0.1) is 0 Å². The first-order valence-electron chi connectivity index (χ1n) is 8.57. The average Bonchev–Trinajstić information content (AvgIpc) is 3.37. The van der Waals surface area contributed by atoms with Crippen LogP contribution in [0.3, 0.4) is 0 Å². The first kappa shape index (κ1) is 27.5. The number of aliphatic carboxylic acids is 2. The van der Waals surface area contributed by atoms with Crippen molar-refractivity contribution in [2.45, 2.75) is 26.1 Å². The zero-order chi connectivity index (χ0) is 20.6. The Morgan fingerprint density at radius 3 is 1.59 bits per heavy atom. The Labute approximate surface area is 170 Å². The van der Waals surface area contributed by atoms with Gasteiger partial charge < -0.3 is 20.2 Å². The first-order chi connectivity index (χ1) is 13.0. The second-order valence-electron chi connectivity index (χ2n) is 4.81. The van der Waals surface area contributed by atoms with E-state index in [0.29, 0.717) is 11.5 Å². The molecule has 0 bridgehead atoms. The van der Waals surface area contributed by atoms with E-state index in [4.69, 9.17) is 10.2 Å². The molecular weight excluding hydrogens is 385 g/mol. The molecule has 0 spiro atoms. The zero-order valence-electron chi connectivity index (χ0n) is 15.8. The molecule has 0 aromatic carbocycles. The fourth-order valence-corrected chi connectivity index (χ4v) is 3.12. The average molecular weight is 412 g/mol. The maximum Gasteiger partial charge on any atom is 0.304 e. The van der Waals surface area contributed by atoms with Gasteiger partial charge in [0.25, 0.3) is 0 Å². The fourth-order valence-electron chi connectivity index (χ4n) is 1.16. The van der Waals surface area contributed by atoms with Crippen molar-refractivity contribution in [3.63, 3.8) is 0 Å². The lowest BCUT2D eigenvalue weighted by atomic mass is 9.27. The van der Waals surface area contributed by atoms with Gasteiger partial charge in [0.05, 0.1) is 47.5 Å². The van der Waals surface area contributed by atoms with Crippen molar-refractivity contribution in [1.29, 1.82) is 0 Å². The third kappa shape index (κ3) is 32.4. The summed E-state index contributed by atoms with van der Waals surface area (Å²) in [5, 5.41) is 16.5. The number of imidazole rings is 2. The number of hydrogen-bond acceptors (Lipinski definition) is 6. The molecule has 0 aliphatic heterocycles. The molecule has 0 saturated carbocycles. The maximum absolute atomic E-state index is 10.0. The largest absolute Gasteiger partial charge is 0.481 e. The van der Waals surface area contributed by atoms with E-state index in [1.807, 2.05) is 0 Å². The highest BCUT2D eigenvalue weighted by atomic mass is 33.1. The predicted octanol–water partition coefficient (Wildman–Crippen LogP) is 0.897. The lowest BCUT2D eigenvalue weighted by molar-refractivity contribution is -0.137. The molecule has 2 aromatic rings. The van der Waals surface area contributed by atoms with E-state index >= 15 is 0 Å². The van der Waals surface area contributed by atoms with Crippen LogP contribution in [-0.4, -0.2) is 75.6 Å². The predicted molar refractivity (Wildman–Crippen MR) is 120 cm³/mol. The maximum atomic E-state index is 10.0. The Kier molecular flexibility index (Phi) is 24.7. The number of nitrogens with one attached hydrogen (secondary N) is 2. The molecule has 0 aliphatic carbocycles. The molecule has 4 N–H and O–H groups in total. The monoisotopic (exact) mass is 412 g/mol. The summed E-state index contributed by atoms with van der Waals surface area (Å²) in [5.41, 5.74) is 0. The highest BCUT2D eigenvalue weighted by Crippen LogP contribution is 2.22. The van der Waals surface area contributed by atoms with Crippen LogP contribution in [0.1, 0.15) is 19.8 Å². The first-order valence-corrected chi connectivity index (χ1v) is 11.1. The van der Waals surface area contributed by atoms with Gasteiger partial charge in [0.1, 0.15) is 0 Å². The van der Waals surface area contributed by atoms with Gasteiger partial charge in [-0.25, -0.2) is 9.97 Å². The van der Waals surface area contributed by atoms with Crippen molar-refractivity contribution < 1.29 is 19.8 Å². The van der Waals surface area contributed by atoms with Crippen LogP contribution in [0.15, 0.2) is 37.4 Å². The van der Waals surface area contributed by atoms with E-state index in [1.165, 1.54) is 42.1 Å². The Morgan fingerprint density at radius 1 is 1.00 bits per heavy atom. The van der Waals surface area contributed by atoms with E-state index in [2.05, 4.69) is 34.6 Å². The van der Waals surface area contributed by atoms with Gasteiger partial charge in [-0.1, -0.05) is 34.8 Å². The van der Waals surface area contributed by atoms with Crippen molar-refractivity contribution >= 4 is 55.5 Å². The summed E-state index contributed by atoms with van der Waals surface area (Å²) in [6.07, 6.45) is 11.8. The molecule has 0 radical (unpaired) electrons. The second-order valence-corrected chi connectivity index (χ2v) is 7.51. The van der Waals surface area contributed by atoms with Gasteiger partial charge in [0.2, 0.25) is 0 Å². The lowest BCUT2D eigenvalue weighted by Gasteiger charge is -1.95. The SMILES string of the molecule is BBBCC.O=C(O)CCSSCCC(=O)O.c1c[nH]cn1.c1c[nH]cn1. The molecule has 0 amide bonds. The van der Waals surface area contributed by atoms with E-state index < -0.39 is 11.9 Å². The normalized spacial score (nSPS) is 8.48. The number of H-pyrrole nitrogens is 2. The van der Waals surface area contributed by atoms with E-state index in [1.54, 1.807) is 37.4 Å². The molecule has 2 aromatic heterocycles. The zero-order valence-corrected chi connectivity index (χ0v) is 17.5. The van der Waals surface area contributed by atoms with Crippen molar-refractivity contribution in [3.8, 4) is 0 Å². The van der Waals surface area contributed by atoms with Crippen LogP contribution >= 0.6 is 21.6 Å². The molecule has 13 heteroatoms. The van der Waals surface area contributed by atoms with Crippen LogP contribution in [0.25, 0.3) is 0 Å². The molecule has 8 nitrogen and oxygen atoms in total. The molecule has 0 unspecified atom stereocenters. The molecule has 0 saturated heterocycles. The molecule has 0 aliphatic rings. The Morgan fingerprint density at radius 2 is 1.44 bits per heavy atom. The van der Waals surface area contributed by atoms with Crippen molar-refractivity contribution in [2.75, 3.05) is 11.5 Å². The van der Waals surface area contributed by atoms with Crippen molar-refractivity contribution in [1.82, 2.24) is 19.9 Å². The Hall–Kier alpha value is -1.75. The minimum absolute atomic E-state index is 0.130. The summed E-state index contributed by atoms with van der Waals surface area (Å²) in [5.74, 6) is -0.582. The summed E-state index contributed by atoms with van der Waals surface area (Å²) in [7, 11) is 7.74. The van der Waals surface area contributed by atoms with Gasteiger partial charge in [-0.05, 0) is 0 Å². The third-order valence-corrected chi connectivity index (χ3v) is 4.81. The van der Waals surface area contributed by atoms with E-state index in [9.17, 15) is 9.59 Å². The van der Waals surface area contributed by atoms with Crippen LogP contribution in [0.5, 0.6) is 0 Å². The summed E-state index contributed by atoms with van der Waals surface area (Å²) >= 11 is 0.